The molecular weight excluding hydrogens is 290 g/mol. The van der Waals surface area contributed by atoms with Gasteiger partial charge in [-0.2, -0.15) is 0 Å². The van der Waals surface area contributed by atoms with Gasteiger partial charge in [-0.05, 0) is 43.7 Å². The number of hydrogen-bond donors (Lipinski definition) is 2. The zero-order valence-corrected chi connectivity index (χ0v) is 13.9. The Morgan fingerprint density at radius 2 is 2.09 bits per heavy atom. The standard InChI is InChI=1S/C18H27N3O2/c1-14-4-2-3-5-17(14)19-18(23)21-10-9-20(12-15-6-7-15)16(13-21)8-11-22/h2-5,15-16,22H,6-13H2,1H3,(H,19,23)/t16-/m1/s1. The molecule has 23 heavy (non-hydrogen) atoms. The molecule has 1 aromatic carbocycles. The summed E-state index contributed by atoms with van der Waals surface area (Å²) in [4.78, 5) is 16.9. The van der Waals surface area contributed by atoms with Crippen LogP contribution in [0.3, 0.4) is 0 Å². The number of piperazine rings is 1. The molecular formula is C18H27N3O2. The van der Waals surface area contributed by atoms with Crippen LogP contribution >= 0.6 is 0 Å². The van der Waals surface area contributed by atoms with Crippen LogP contribution in [-0.4, -0.2) is 59.8 Å². The fourth-order valence-electron chi connectivity index (χ4n) is 3.28. The lowest BCUT2D eigenvalue weighted by atomic mass is 10.1. The van der Waals surface area contributed by atoms with Crippen LogP contribution in [0.1, 0.15) is 24.8 Å². The molecule has 5 nitrogen and oxygen atoms in total. The number of urea groups is 1. The van der Waals surface area contributed by atoms with Crippen LogP contribution in [0.2, 0.25) is 0 Å². The first-order valence-electron chi connectivity index (χ1n) is 8.64. The van der Waals surface area contributed by atoms with E-state index in [1.54, 1.807) is 0 Å². The maximum absolute atomic E-state index is 12.5. The summed E-state index contributed by atoms with van der Waals surface area (Å²) < 4.78 is 0. The smallest absolute Gasteiger partial charge is 0.321 e. The van der Waals surface area contributed by atoms with Crippen LogP contribution in [0, 0.1) is 12.8 Å². The number of para-hydroxylation sites is 1. The monoisotopic (exact) mass is 317 g/mol. The van der Waals surface area contributed by atoms with Crippen molar-refractivity contribution in [2.24, 2.45) is 5.92 Å². The molecule has 2 amide bonds. The van der Waals surface area contributed by atoms with E-state index in [-0.39, 0.29) is 18.7 Å². The molecule has 3 rings (SSSR count). The predicted octanol–water partition coefficient (Wildman–Crippen LogP) is 2.31. The summed E-state index contributed by atoms with van der Waals surface area (Å²) in [7, 11) is 0. The van der Waals surface area contributed by atoms with Crippen molar-refractivity contribution < 1.29 is 9.90 Å². The number of aliphatic hydroxyl groups is 1. The third kappa shape index (κ3) is 4.24. The van der Waals surface area contributed by atoms with Crippen molar-refractivity contribution in [3.05, 3.63) is 29.8 Å². The van der Waals surface area contributed by atoms with Crippen LogP contribution in [0.25, 0.3) is 0 Å². The zero-order chi connectivity index (χ0) is 16.2. The maximum atomic E-state index is 12.5. The number of anilines is 1. The molecule has 5 heteroatoms. The van der Waals surface area contributed by atoms with Crippen molar-refractivity contribution in [2.45, 2.75) is 32.2 Å². The second kappa shape index (κ2) is 7.32. The van der Waals surface area contributed by atoms with Gasteiger partial charge < -0.3 is 15.3 Å². The fraction of sp³-hybridized carbons (Fsp3) is 0.611. The molecule has 1 aliphatic heterocycles. The van der Waals surface area contributed by atoms with E-state index < -0.39 is 0 Å². The molecule has 0 aromatic heterocycles. The van der Waals surface area contributed by atoms with Gasteiger partial charge in [0.15, 0.2) is 0 Å². The fourth-order valence-corrected chi connectivity index (χ4v) is 3.28. The van der Waals surface area contributed by atoms with E-state index in [2.05, 4.69) is 10.2 Å². The van der Waals surface area contributed by atoms with Crippen molar-refractivity contribution >= 4 is 11.7 Å². The van der Waals surface area contributed by atoms with E-state index in [0.717, 1.165) is 43.2 Å². The highest BCUT2D eigenvalue weighted by atomic mass is 16.3. The first kappa shape index (κ1) is 16.3. The number of aryl methyl sites for hydroxylation is 1. The van der Waals surface area contributed by atoms with Gasteiger partial charge in [-0.1, -0.05) is 18.2 Å². The van der Waals surface area contributed by atoms with Crippen LogP contribution in [0.4, 0.5) is 10.5 Å². The Morgan fingerprint density at radius 1 is 1.30 bits per heavy atom. The van der Waals surface area contributed by atoms with E-state index in [1.165, 1.54) is 12.8 Å². The van der Waals surface area contributed by atoms with Gasteiger partial charge in [0.25, 0.3) is 0 Å². The number of nitrogens with one attached hydrogen (secondary N) is 1. The van der Waals surface area contributed by atoms with Crippen LogP contribution < -0.4 is 5.32 Å². The Labute approximate surface area is 138 Å². The summed E-state index contributed by atoms with van der Waals surface area (Å²) in [5, 5.41) is 12.4. The minimum absolute atomic E-state index is 0.0340. The summed E-state index contributed by atoms with van der Waals surface area (Å²) in [5.41, 5.74) is 1.94. The van der Waals surface area contributed by atoms with E-state index in [4.69, 9.17) is 0 Å². The second-order valence-electron chi connectivity index (χ2n) is 6.80. The van der Waals surface area contributed by atoms with Crippen molar-refractivity contribution in [3.63, 3.8) is 0 Å². The van der Waals surface area contributed by atoms with Crippen LogP contribution in [0.15, 0.2) is 24.3 Å². The zero-order valence-electron chi connectivity index (χ0n) is 13.9. The number of carbonyl (C=O) groups is 1. The van der Waals surface area contributed by atoms with Crippen molar-refractivity contribution in [3.8, 4) is 0 Å². The Kier molecular flexibility index (Phi) is 5.18. The molecule has 126 valence electrons. The topological polar surface area (TPSA) is 55.8 Å². The molecule has 1 atom stereocenters. The summed E-state index contributed by atoms with van der Waals surface area (Å²) >= 11 is 0. The SMILES string of the molecule is Cc1ccccc1NC(=O)N1CCN(CC2CC2)[C@H](CCO)C1. The highest BCUT2D eigenvalue weighted by Crippen LogP contribution is 2.31. The van der Waals surface area contributed by atoms with Crippen LogP contribution in [-0.2, 0) is 0 Å². The van der Waals surface area contributed by atoms with Crippen molar-refractivity contribution in [1.82, 2.24) is 9.80 Å². The van der Waals surface area contributed by atoms with Gasteiger partial charge in [-0.15, -0.1) is 0 Å². The summed E-state index contributed by atoms with van der Waals surface area (Å²) in [5.74, 6) is 0.837. The Bertz CT molecular complexity index is 545. The Balaban J connectivity index is 1.59. The van der Waals surface area contributed by atoms with Gasteiger partial charge in [0.05, 0.1) is 0 Å². The molecule has 1 aliphatic carbocycles. The van der Waals surface area contributed by atoms with Crippen molar-refractivity contribution in [2.75, 3.05) is 38.1 Å². The first-order valence-corrected chi connectivity index (χ1v) is 8.64. The molecule has 0 unspecified atom stereocenters. The molecule has 2 fully saturated rings. The number of aliphatic hydroxyl groups excluding tert-OH is 1. The quantitative estimate of drug-likeness (QED) is 0.876. The van der Waals surface area contributed by atoms with Gasteiger partial charge >= 0.3 is 6.03 Å². The third-order valence-electron chi connectivity index (χ3n) is 4.93. The van der Waals surface area contributed by atoms with E-state index >= 15 is 0 Å². The van der Waals surface area contributed by atoms with Gasteiger partial charge in [-0.25, -0.2) is 4.79 Å². The molecule has 2 N–H and O–H groups in total. The van der Waals surface area contributed by atoms with Gasteiger partial charge in [0.1, 0.15) is 0 Å². The number of rotatable bonds is 5. The molecule has 1 heterocycles. The lowest BCUT2D eigenvalue weighted by Gasteiger charge is -2.41. The highest BCUT2D eigenvalue weighted by Gasteiger charge is 2.33. The Morgan fingerprint density at radius 3 is 2.78 bits per heavy atom. The van der Waals surface area contributed by atoms with Gasteiger partial charge in [0, 0.05) is 44.5 Å². The van der Waals surface area contributed by atoms with Crippen LogP contribution in [0.5, 0.6) is 0 Å². The summed E-state index contributed by atoms with van der Waals surface area (Å²) in [6, 6.07) is 8.08. The average Bonchev–Trinajstić information content (AvgIpc) is 3.35. The first-order chi connectivity index (χ1) is 11.2. The second-order valence-corrected chi connectivity index (χ2v) is 6.80. The van der Waals surface area contributed by atoms with Gasteiger partial charge in [-0.3, -0.25) is 4.90 Å². The van der Waals surface area contributed by atoms with E-state index in [9.17, 15) is 9.90 Å². The third-order valence-corrected chi connectivity index (χ3v) is 4.93. The number of benzene rings is 1. The number of hydrogen-bond acceptors (Lipinski definition) is 3. The lowest BCUT2D eigenvalue weighted by Crippen LogP contribution is -2.56. The highest BCUT2D eigenvalue weighted by molar-refractivity contribution is 5.90. The average molecular weight is 317 g/mol. The predicted molar refractivity (Wildman–Crippen MR) is 91.6 cm³/mol. The maximum Gasteiger partial charge on any atom is 0.321 e. The lowest BCUT2D eigenvalue weighted by molar-refractivity contribution is 0.0739. The molecule has 1 saturated heterocycles. The van der Waals surface area contributed by atoms with E-state index in [1.807, 2.05) is 36.1 Å². The van der Waals surface area contributed by atoms with E-state index in [0.29, 0.717) is 6.54 Å². The molecule has 0 spiro atoms. The number of nitrogens with zero attached hydrogens (tertiary/aromatic N) is 2. The Hall–Kier alpha value is -1.59. The number of carbonyl (C=O) groups excluding carboxylic acids is 1. The summed E-state index contributed by atoms with van der Waals surface area (Å²) in [6.07, 6.45) is 3.40. The molecule has 1 saturated carbocycles. The normalized spacial score (nSPS) is 22.2. The van der Waals surface area contributed by atoms with Gasteiger partial charge in [0.2, 0.25) is 0 Å². The largest absolute Gasteiger partial charge is 0.396 e. The van der Waals surface area contributed by atoms with Crippen molar-refractivity contribution in [1.29, 1.82) is 0 Å². The molecule has 0 radical (unpaired) electrons. The minimum atomic E-state index is -0.0340. The molecule has 1 aromatic rings. The molecule has 2 aliphatic rings. The minimum Gasteiger partial charge on any atom is -0.396 e. The number of amides is 2. The molecule has 0 bridgehead atoms. The summed E-state index contributed by atoms with van der Waals surface area (Å²) in [6.45, 7) is 5.66.